The Balaban J connectivity index is 1.30. The Morgan fingerprint density at radius 1 is 1.06 bits per heavy atom. The summed E-state index contributed by atoms with van der Waals surface area (Å²) >= 11 is 1.44. The van der Waals surface area contributed by atoms with Crippen LogP contribution >= 0.6 is 11.8 Å². The van der Waals surface area contributed by atoms with Crippen LogP contribution < -0.4 is 9.47 Å². The minimum Gasteiger partial charge on any atom is -0.486 e. The largest absolute Gasteiger partial charge is 0.486 e. The topological polar surface area (TPSA) is 69.5 Å². The van der Waals surface area contributed by atoms with Crippen molar-refractivity contribution < 1.29 is 14.3 Å². The third-order valence-electron chi connectivity index (χ3n) is 5.94. The zero-order valence-corrected chi connectivity index (χ0v) is 19.1. The molecule has 0 spiro atoms. The fraction of sp³-hybridized carbons (Fsp3) is 0.375. The van der Waals surface area contributed by atoms with Gasteiger partial charge in [0.2, 0.25) is 5.91 Å². The van der Waals surface area contributed by atoms with Crippen LogP contribution in [0.1, 0.15) is 35.8 Å². The second kappa shape index (κ2) is 8.86. The standard InChI is InChI=1S/C24H26N4O3S/c1-16-5-8-19(9-6-16)28-17(2)25-26-24(28)32-15-23(29)27-11-3-4-20(27)18-7-10-21-22(14-18)31-13-12-30-21/h5-10,14,20H,3-4,11-13,15H2,1-2H3/t20-/m1/s1. The normalized spacial score (nSPS) is 17.6. The van der Waals surface area contributed by atoms with E-state index in [-0.39, 0.29) is 11.9 Å². The van der Waals surface area contributed by atoms with Crippen molar-refractivity contribution in [3.63, 3.8) is 0 Å². The molecule has 0 aliphatic carbocycles. The van der Waals surface area contributed by atoms with Gasteiger partial charge in [0.15, 0.2) is 16.7 Å². The smallest absolute Gasteiger partial charge is 0.233 e. The number of rotatable bonds is 5. The maximum Gasteiger partial charge on any atom is 0.233 e. The number of hydrogen-bond donors (Lipinski definition) is 0. The molecule has 1 amide bonds. The number of thioether (sulfide) groups is 1. The Kier molecular flexibility index (Phi) is 5.78. The maximum atomic E-state index is 13.2. The number of likely N-dealkylation sites (tertiary alicyclic amines) is 1. The van der Waals surface area contributed by atoms with E-state index in [1.54, 1.807) is 0 Å². The molecule has 0 N–H and O–H groups in total. The molecule has 0 radical (unpaired) electrons. The van der Waals surface area contributed by atoms with Crippen LogP contribution in [-0.2, 0) is 4.79 Å². The Labute approximate surface area is 191 Å². The summed E-state index contributed by atoms with van der Waals surface area (Å²) in [6.45, 7) is 5.89. The lowest BCUT2D eigenvalue weighted by atomic mass is 10.0. The van der Waals surface area contributed by atoms with E-state index >= 15 is 0 Å². The summed E-state index contributed by atoms with van der Waals surface area (Å²) in [4.78, 5) is 15.2. The highest BCUT2D eigenvalue weighted by Crippen LogP contribution is 2.38. The first-order chi connectivity index (χ1) is 15.6. The fourth-order valence-corrected chi connectivity index (χ4v) is 5.20. The van der Waals surface area contributed by atoms with Gasteiger partial charge >= 0.3 is 0 Å². The molecule has 3 heterocycles. The molecular weight excluding hydrogens is 424 g/mol. The number of amides is 1. The monoisotopic (exact) mass is 450 g/mol. The second-order valence-electron chi connectivity index (χ2n) is 8.14. The minimum absolute atomic E-state index is 0.0654. The van der Waals surface area contributed by atoms with E-state index in [4.69, 9.17) is 9.47 Å². The van der Waals surface area contributed by atoms with E-state index in [1.807, 2.05) is 34.6 Å². The molecule has 0 saturated carbocycles. The van der Waals surface area contributed by atoms with Gasteiger partial charge in [-0.1, -0.05) is 35.5 Å². The van der Waals surface area contributed by atoms with Gasteiger partial charge in [0.25, 0.3) is 0 Å². The zero-order chi connectivity index (χ0) is 22.1. The number of aryl methyl sites for hydroxylation is 2. The lowest BCUT2D eigenvalue weighted by molar-refractivity contribution is -0.129. The van der Waals surface area contributed by atoms with Crippen LogP contribution in [0.25, 0.3) is 5.69 Å². The van der Waals surface area contributed by atoms with E-state index in [2.05, 4.69) is 41.4 Å². The average molecular weight is 451 g/mol. The Morgan fingerprint density at radius 3 is 2.66 bits per heavy atom. The minimum atomic E-state index is 0.0654. The van der Waals surface area contributed by atoms with Crippen molar-refractivity contribution in [2.75, 3.05) is 25.5 Å². The number of benzene rings is 2. The van der Waals surface area contributed by atoms with Crippen molar-refractivity contribution in [1.82, 2.24) is 19.7 Å². The molecular formula is C24H26N4O3S. The molecule has 0 bridgehead atoms. The third kappa shape index (κ3) is 4.07. The van der Waals surface area contributed by atoms with Crippen LogP contribution in [0.5, 0.6) is 11.5 Å². The van der Waals surface area contributed by atoms with Gasteiger partial charge in [0.05, 0.1) is 11.8 Å². The van der Waals surface area contributed by atoms with Crippen molar-refractivity contribution >= 4 is 17.7 Å². The lowest BCUT2D eigenvalue weighted by Gasteiger charge is -2.26. The number of aromatic nitrogens is 3. The van der Waals surface area contributed by atoms with E-state index in [9.17, 15) is 4.79 Å². The zero-order valence-electron chi connectivity index (χ0n) is 18.3. The summed E-state index contributed by atoms with van der Waals surface area (Å²) in [5, 5.41) is 9.28. The van der Waals surface area contributed by atoms with Gasteiger partial charge in [-0.05, 0) is 56.5 Å². The highest BCUT2D eigenvalue weighted by Gasteiger charge is 2.31. The Morgan fingerprint density at radius 2 is 1.84 bits per heavy atom. The molecule has 1 aromatic heterocycles. The molecule has 8 heteroatoms. The lowest BCUT2D eigenvalue weighted by Crippen LogP contribution is -2.32. The molecule has 7 nitrogen and oxygen atoms in total. The van der Waals surface area contributed by atoms with Gasteiger partial charge in [-0.15, -0.1) is 10.2 Å². The van der Waals surface area contributed by atoms with Gasteiger partial charge in [0, 0.05) is 12.2 Å². The second-order valence-corrected chi connectivity index (χ2v) is 9.08. The van der Waals surface area contributed by atoms with Crippen LogP contribution in [0.3, 0.4) is 0 Å². The highest BCUT2D eigenvalue weighted by molar-refractivity contribution is 7.99. The Hall–Kier alpha value is -3.00. The highest BCUT2D eigenvalue weighted by atomic mass is 32.2. The number of carbonyl (C=O) groups is 1. The van der Waals surface area contributed by atoms with Crippen molar-refractivity contribution in [3.05, 3.63) is 59.4 Å². The predicted octanol–water partition coefficient (Wildman–Crippen LogP) is 4.11. The van der Waals surface area contributed by atoms with E-state index in [1.165, 1.54) is 17.3 Å². The van der Waals surface area contributed by atoms with Crippen molar-refractivity contribution in [3.8, 4) is 17.2 Å². The number of nitrogens with zero attached hydrogens (tertiary/aromatic N) is 4. The molecule has 5 rings (SSSR count). The summed E-state index contributed by atoms with van der Waals surface area (Å²) in [7, 11) is 0. The van der Waals surface area contributed by atoms with Gasteiger partial charge in [-0.3, -0.25) is 9.36 Å². The fourth-order valence-electron chi connectivity index (χ4n) is 4.32. The van der Waals surface area contributed by atoms with Gasteiger partial charge in [0.1, 0.15) is 19.0 Å². The van der Waals surface area contributed by atoms with Gasteiger partial charge in [-0.25, -0.2) is 0 Å². The quantitative estimate of drug-likeness (QED) is 0.545. The number of ether oxygens (including phenoxy) is 2. The molecule has 32 heavy (non-hydrogen) atoms. The van der Waals surface area contributed by atoms with E-state index in [0.717, 1.165) is 53.1 Å². The van der Waals surface area contributed by atoms with Gasteiger partial charge in [-0.2, -0.15) is 0 Å². The summed E-state index contributed by atoms with van der Waals surface area (Å²) in [5.74, 6) is 2.79. The Bertz CT molecular complexity index is 1130. The first-order valence-electron chi connectivity index (χ1n) is 10.9. The maximum absolute atomic E-state index is 13.2. The molecule has 1 fully saturated rings. The number of fused-ring (bicyclic) bond motifs is 1. The van der Waals surface area contributed by atoms with Crippen molar-refractivity contribution in [2.24, 2.45) is 0 Å². The van der Waals surface area contributed by atoms with Gasteiger partial charge < -0.3 is 14.4 Å². The van der Waals surface area contributed by atoms with Crippen LogP contribution in [0, 0.1) is 13.8 Å². The molecule has 2 aliphatic heterocycles. The number of hydrogen-bond acceptors (Lipinski definition) is 6. The third-order valence-corrected chi connectivity index (χ3v) is 6.85. The molecule has 3 aromatic rings. The van der Waals surface area contributed by atoms with E-state index in [0.29, 0.717) is 19.0 Å². The van der Waals surface area contributed by atoms with Crippen LogP contribution in [0.15, 0.2) is 47.6 Å². The predicted molar refractivity (Wildman–Crippen MR) is 123 cm³/mol. The van der Waals surface area contributed by atoms with Crippen LogP contribution in [0.4, 0.5) is 0 Å². The SMILES string of the molecule is Cc1ccc(-n2c(C)nnc2SCC(=O)N2CCC[C@@H]2c2ccc3c(c2)OCCO3)cc1. The average Bonchev–Trinajstić information content (AvgIpc) is 3.45. The van der Waals surface area contributed by atoms with Crippen LogP contribution in [-0.4, -0.2) is 51.1 Å². The summed E-state index contributed by atoms with van der Waals surface area (Å²) in [6.07, 6.45) is 1.95. The first-order valence-corrected chi connectivity index (χ1v) is 11.9. The van der Waals surface area contributed by atoms with E-state index < -0.39 is 0 Å². The summed E-state index contributed by atoms with van der Waals surface area (Å²) in [5.41, 5.74) is 3.30. The molecule has 2 aromatic carbocycles. The number of carbonyl (C=O) groups excluding carboxylic acids is 1. The summed E-state index contributed by atoms with van der Waals surface area (Å²) in [6, 6.07) is 14.3. The summed E-state index contributed by atoms with van der Waals surface area (Å²) < 4.78 is 13.4. The molecule has 1 atom stereocenters. The first kappa shape index (κ1) is 20.9. The van der Waals surface area contributed by atoms with Crippen molar-refractivity contribution in [2.45, 2.75) is 37.9 Å². The molecule has 2 aliphatic rings. The molecule has 1 saturated heterocycles. The van der Waals surface area contributed by atoms with Crippen LogP contribution in [0.2, 0.25) is 0 Å². The van der Waals surface area contributed by atoms with Crippen molar-refractivity contribution in [1.29, 1.82) is 0 Å². The molecule has 0 unspecified atom stereocenters. The molecule has 166 valence electrons.